The van der Waals surface area contributed by atoms with E-state index in [9.17, 15) is 9.59 Å². The third-order valence-electron chi connectivity index (χ3n) is 6.90. The van der Waals surface area contributed by atoms with Gasteiger partial charge in [-0.2, -0.15) is 9.97 Å². The zero-order chi connectivity index (χ0) is 28.8. The van der Waals surface area contributed by atoms with Gasteiger partial charge in [0.15, 0.2) is 11.5 Å². The van der Waals surface area contributed by atoms with Crippen molar-refractivity contribution in [3.63, 3.8) is 0 Å². The van der Waals surface area contributed by atoms with Crippen molar-refractivity contribution in [2.75, 3.05) is 56.6 Å². The van der Waals surface area contributed by atoms with Gasteiger partial charge in [-0.15, -0.1) is 6.58 Å². The maximum Gasteiger partial charge on any atom is 0.404 e. The van der Waals surface area contributed by atoms with Crippen LogP contribution in [0.15, 0.2) is 66.1 Å². The van der Waals surface area contributed by atoms with E-state index in [-0.39, 0.29) is 12.1 Å². The number of aromatic nitrogens is 5. The smallest absolute Gasteiger partial charge is 0.404 e. The minimum atomic E-state index is -0.978. The molecule has 0 unspecified atom stereocenters. The molecule has 41 heavy (non-hydrogen) atoms. The number of amides is 1. The molecule has 0 saturated carbocycles. The van der Waals surface area contributed by atoms with Crippen molar-refractivity contribution in [3.8, 4) is 11.7 Å². The number of pyridine rings is 1. The number of anilines is 3. The van der Waals surface area contributed by atoms with Gasteiger partial charge in [-0.3, -0.25) is 9.69 Å². The number of benzene rings is 1. The fourth-order valence-electron chi connectivity index (χ4n) is 4.86. The summed E-state index contributed by atoms with van der Waals surface area (Å²) < 4.78 is 8.45. The largest absolute Gasteiger partial charge is 0.481 e. The van der Waals surface area contributed by atoms with Crippen LogP contribution in [-0.2, 0) is 6.54 Å². The van der Waals surface area contributed by atoms with Crippen LogP contribution in [0.4, 0.5) is 22.1 Å². The monoisotopic (exact) mass is 559 g/mol. The first-order valence-electron chi connectivity index (χ1n) is 13.4. The molecule has 1 amide bonds. The molecule has 5 rings (SSSR count). The molecule has 0 atom stereocenters. The molecule has 4 heterocycles. The number of hydrogen-bond donors (Lipinski definition) is 3. The summed E-state index contributed by atoms with van der Waals surface area (Å²) >= 11 is 0. The van der Waals surface area contributed by atoms with E-state index < -0.39 is 6.09 Å². The zero-order valence-corrected chi connectivity index (χ0v) is 22.9. The van der Waals surface area contributed by atoms with Crippen LogP contribution >= 0.6 is 0 Å². The number of nitrogens with one attached hydrogen (secondary N) is 2. The highest BCUT2D eigenvalue weighted by molar-refractivity contribution is 5.77. The summed E-state index contributed by atoms with van der Waals surface area (Å²) in [5, 5.41) is 14.7. The van der Waals surface area contributed by atoms with E-state index >= 15 is 0 Å². The summed E-state index contributed by atoms with van der Waals surface area (Å²) in [5.74, 6) is 1.26. The zero-order valence-electron chi connectivity index (χ0n) is 22.9. The Hall–Kier alpha value is -4.91. The van der Waals surface area contributed by atoms with E-state index in [1.165, 1.54) is 18.0 Å². The van der Waals surface area contributed by atoms with Crippen molar-refractivity contribution in [1.29, 1.82) is 0 Å². The van der Waals surface area contributed by atoms with Crippen LogP contribution in [0.2, 0.25) is 0 Å². The molecule has 1 aliphatic rings. The molecule has 4 aromatic rings. The van der Waals surface area contributed by atoms with E-state index in [4.69, 9.17) is 9.84 Å². The van der Waals surface area contributed by atoms with Crippen molar-refractivity contribution in [2.24, 2.45) is 0 Å². The Morgan fingerprint density at radius 2 is 1.90 bits per heavy atom. The molecular weight excluding hydrogens is 526 g/mol. The number of methoxy groups -OCH3 is 1. The Labute approximate surface area is 236 Å². The van der Waals surface area contributed by atoms with Crippen LogP contribution in [0.3, 0.4) is 0 Å². The van der Waals surface area contributed by atoms with Gasteiger partial charge in [0.1, 0.15) is 5.39 Å². The molecule has 1 saturated heterocycles. The van der Waals surface area contributed by atoms with Crippen LogP contribution < -0.4 is 25.8 Å². The van der Waals surface area contributed by atoms with Crippen molar-refractivity contribution in [3.05, 3.63) is 71.7 Å². The number of hydrogen-bond acceptors (Lipinski definition) is 9. The first-order chi connectivity index (χ1) is 20.0. The lowest BCUT2D eigenvalue weighted by Gasteiger charge is -2.36. The molecule has 13 nitrogen and oxygen atoms in total. The number of fused-ring (bicyclic) bond motifs is 1. The average Bonchev–Trinajstić information content (AvgIpc) is 3.26. The van der Waals surface area contributed by atoms with Crippen LogP contribution in [0.25, 0.3) is 16.9 Å². The van der Waals surface area contributed by atoms with Crippen molar-refractivity contribution in [1.82, 2.24) is 34.5 Å². The predicted molar refractivity (Wildman–Crippen MR) is 157 cm³/mol. The van der Waals surface area contributed by atoms with Gasteiger partial charge in [0.05, 0.1) is 13.7 Å². The molecule has 0 aliphatic carbocycles. The summed E-state index contributed by atoms with van der Waals surface area (Å²) in [7, 11) is 1.54. The van der Waals surface area contributed by atoms with Crippen molar-refractivity contribution < 1.29 is 14.6 Å². The van der Waals surface area contributed by atoms with Gasteiger partial charge in [-0.1, -0.05) is 12.1 Å². The number of carboxylic acid groups (broad SMARTS) is 1. The molecule has 0 spiro atoms. The van der Waals surface area contributed by atoms with E-state index in [0.717, 1.165) is 50.5 Å². The van der Waals surface area contributed by atoms with E-state index in [0.29, 0.717) is 35.2 Å². The molecule has 3 aromatic heterocycles. The maximum atomic E-state index is 13.1. The molecule has 0 radical (unpaired) electrons. The second-order valence-electron chi connectivity index (χ2n) is 9.54. The first-order valence-corrected chi connectivity index (χ1v) is 13.4. The molecule has 13 heteroatoms. The summed E-state index contributed by atoms with van der Waals surface area (Å²) in [6, 6.07) is 13.4. The van der Waals surface area contributed by atoms with Gasteiger partial charge >= 0.3 is 6.09 Å². The van der Waals surface area contributed by atoms with Crippen LogP contribution in [0.1, 0.15) is 6.42 Å². The summed E-state index contributed by atoms with van der Waals surface area (Å²) in [4.78, 5) is 42.0. The molecule has 3 N–H and O–H groups in total. The Morgan fingerprint density at radius 1 is 1.12 bits per heavy atom. The Kier molecular flexibility index (Phi) is 8.44. The molecule has 0 bridgehead atoms. The van der Waals surface area contributed by atoms with E-state index in [2.05, 4.69) is 54.1 Å². The quantitative estimate of drug-likeness (QED) is 0.185. The minimum Gasteiger partial charge on any atom is -0.481 e. The lowest BCUT2D eigenvalue weighted by atomic mass is 10.2. The van der Waals surface area contributed by atoms with Gasteiger partial charge < -0.3 is 25.4 Å². The van der Waals surface area contributed by atoms with Gasteiger partial charge in [0.25, 0.3) is 5.56 Å². The Bertz CT molecular complexity index is 1570. The van der Waals surface area contributed by atoms with Crippen LogP contribution in [0.5, 0.6) is 5.88 Å². The fraction of sp³-hybridized carbons (Fsp3) is 0.321. The molecule has 1 aromatic carbocycles. The topological polar surface area (TPSA) is 143 Å². The highest BCUT2D eigenvalue weighted by Gasteiger charge is 2.19. The molecule has 1 aliphatic heterocycles. The molecule has 214 valence electrons. The SMILES string of the molecule is C=CCn1c(=O)c2cnc(Nc3ccc(N4CCN(CCCNC(=O)O)CC4)cc3)nc2n1-c1cccc(OC)n1. The third-order valence-corrected chi connectivity index (χ3v) is 6.90. The van der Waals surface area contributed by atoms with E-state index in [1.54, 1.807) is 29.0 Å². The molecular formula is C28H33N9O4. The van der Waals surface area contributed by atoms with Crippen LogP contribution in [-0.4, -0.2) is 86.8 Å². The van der Waals surface area contributed by atoms with Crippen molar-refractivity contribution >= 4 is 34.4 Å². The number of nitrogens with zero attached hydrogens (tertiary/aromatic N) is 7. The first kappa shape index (κ1) is 27.6. The Balaban J connectivity index is 1.29. The van der Waals surface area contributed by atoms with Gasteiger partial charge in [-0.05, 0) is 43.3 Å². The van der Waals surface area contributed by atoms with Crippen molar-refractivity contribution in [2.45, 2.75) is 13.0 Å². The highest BCUT2D eigenvalue weighted by atomic mass is 16.5. The molecule has 1 fully saturated rings. The number of ether oxygens (including phenoxy) is 1. The third kappa shape index (κ3) is 6.30. The second kappa shape index (κ2) is 12.5. The van der Waals surface area contributed by atoms with Crippen LogP contribution in [0, 0.1) is 0 Å². The summed E-state index contributed by atoms with van der Waals surface area (Å²) in [5.41, 5.74) is 2.12. The summed E-state index contributed by atoms with van der Waals surface area (Å²) in [6.07, 6.45) is 2.99. The second-order valence-corrected chi connectivity index (χ2v) is 9.54. The minimum absolute atomic E-state index is 0.238. The maximum absolute atomic E-state index is 13.1. The lowest BCUT2D eigenvalue weighted by Crippen LogP contribution is -2.47. The number of carbonyl (C=O) groups is 1. The predicted octanol–water partition coefficient (Wildman–Crippen LogP) is 2.70. The average molecular weight is 560 g/mol. The Morgan fingerprint density at radius 3 is 2.61 bits per heavy atom. The fourth-order valence-corrected chi connectivity index (χ4v) is 4.86. The normalized spacial score (nSPS) is 13.7. The van der Waals surface area contributed by atoms with E-state index in [1.807, 2.05) is 12.1 Å². The van der Waals surface area contributed by atoms with Gasteiger partial charge in [-0.25, -0.2) is 19.1 Å². The number of rotatable bonds is 11. The lowest BCUT2D eigenvalue weighted by molar-refractivity contribution is 0.192. The van der Waals surface area contributed by atoms with Gasteiger partial charge in [0.2, 0.25) is 11.8 Å². The number of piperazine rings is 1. The standard InChI is InChI=1S/C28H33N9O4/c1-3-13-36-26(38)22-19-30-27(33-25(22)37(36)23-6-4-7-24(32-23)41-2)31-20-8-10-21(11-9-20)35-17-15-34(16-18-35)14-5-12-29-28(39)40/h3-4,6-11,19,29H,1,5,12-18H2,2H3,(H,39,40)(H,30,31,33). The number of allylic oxidation sites excluding steroid dienone is 1. The van der Waals surface area contributed by atoms with Gasteiger partial charge in [0, 0.05) is 56.4 Å². The highest BCUT2D eigenvalue weighted by Crippen LogP contribution is 2.23. The summed E-state index contributed by atoms with van der Waals surface area (Å²) in [6.45, 7) is 9.05.